The molecule has 30 heavy (non-hydrogen) atoms. The normalized spacial score (nSPS) is 24.1. The molecule has 1 heterocycles. The van der Waals surface area contributed by atoms with Gasteiger partial charge in [-0.15, -0.1) is 0 Å². The lowest BCUT2D eigenvalue weighted by atomic mass is 10.0. The van der Waals surface area contributed by atoms with Crippen LogP contribution in [0, 0.1) is 0 Å². The number of thiocarbonyl (C=S) groups is 1. The summed E-state index contributed by atoms with van der Waals surface area (Å²) in [6, 6.07) is 0. The van der Waals surface area contributed by atoms with Gasteiger partial charge in [-0.2, -0.15) is 0 Å². The first-order valence-corrected chi connectivity index (χ1v) is 12.8. The molecule has 178 valence electrons. The van der Waals surface area contributed by atoms with Gasteiger partial charge >= 0.3 is 0 Å². The van der Waals surface area contributed by atoms with Crippen LogP contribution in [0.3, 0.4) is 0 Å². The van der Waals surface area contributed by atoms with Gasteiger partial charge in [0, 0.05) is 6.42 Å². The van der Waals surface area contributed by atoms with E-state index in [1.807, 2.05) is 0 Å². The molecule has 6 heteroatoms. The van der Waals surface area contributed by atoms with Crippen molar-refractivity contribution in [2.24, 2.45) is 0 Å². The molecule has 0 saturated carbocycles. The number of hydrogen-bond donors (Lipinski definition) is 3. The smallest absolute Gasteiger partial charge is 0.160 e. The molecule has 5 nitrogen and oxygen atoms in total. The van der Waals surface area contributed by atoms with Crippen molar-refractivity contribution in [1.29, 1.82) is 0 Å². The number of aliphatic hydroxyl groups is 3. The van der Waals surface area contributed by atoms with Gasteiger partial charge in [-0.05, 0) is 18.6 Å². The fourth-order valence-corrected chi connectivity index (χ4v) is 4.26. The third-order valence-corrected chi connectivity index (χ3v) is 6.31. The van der Waals surface area contributed by atoms with Gasteiger partial charge in [0.1, 0.15) is 18.3 Å². The second kappa shape index (κ2) is 18.3. The van der Waals surface area contributed by atoms with E-state index in [-0.39, 0.29) is 13.2 Å². The molecule has 0 aromatic rings. The van der Waals surface area contributed by atoms with Crippen molar-refractivity contribution in [2.75, 3.05) is 13.2 Å². The minimum Gasteiger partial charge on any atom is -0.478 e. The van der Waals surface area contributed by atoms with E-state index in [4.69, 9.17) is 21.7 Å². The molecule has 1 aliphatic heterocycles. The highest BCUT2D eigenvalue weighted by atomic mass is 32.1. The molecule has 4 atom stereocenters. The molecule has 1 aliphatic rings. The summed E-state index contributed by atoms with van der Waals surface area (Å²) >= 11 is 5.27. The Morgan fingerprint density at radius 3 is 1.77 bits per heavy atom. The van der Waals surface area contributed by atoms with E-state index in [0.29, 0.717) is 11.5 Å². The van der Waals surface area contributed by atoms with Crippen molar-refractivity contribution in [3.8, 4) is 0 Å². The van der Waals surface area contributed by atoms with Crippen molar-refractivity contribution in [1.82, 2.24) is 0 Å². The van der Waals surface area contributed by atoms with Crippen LogP contribution in [0.1, 0.15) is 110 Å². The Morgan fingerprint density at radius 2 is 1.30 bits per heavy atom. The van der Waals surface area contributed by atoms with Gasteiger partial charge in [-0.3, -0.25) is 0 Å². The first-order valence-electron chi connectivity index (χ1n) is 12.4. The van der Waals surface area contributed by atoms with E-state index in [2.05, 4.69) is 6.92 Å². The van der Waals surface area contributed by atoms with Crippen LogP contribution in [0.15, 0.2) is 0 Å². The van der Waals surface area contributed by atoms with Crippen LogP contribution in [0.2, 0.25) is 0 Å². The van der Waals surface area contributed by atoms with E-state index in [1.165, 1.54) is 83.5 Å². The van der Waals surface area contributed by atoms with Crippen LogP contribution in [0.5, 0.6) is 0 Å². The first kappa shape index (κ1) is 27.8. The summed E-state index contributed by atoms with van der Waals surface area (Å²) in [6.07, 6.45) is 16.9. The molecule has 3 N–H and O–H groups in total. The fraction of sp³-hybridized carbons (Fsp3) is 0.958. The predicted molar refractivity (Wildman–Crippen MR) is 126 cm³/mol. The van der Waals surface area contributed by atoms with Gasteiger partial charge in [-0.25, -0.2) is 0 Å². The number of ether oxygens (including phenoxy) is 2. The molecule has 1 rings (SSSR count). The monoisotopic (exact) mass is 446 g/mol. The van der Waals surface area contributed by atoms with Crippen molar-refractivity contribution < 1.29 is 24.8 Å². The van der Waals surface area contributed by atoms with E-state index < -0.39 is 24.4 Å². The summed E-state index contributed by atoms with van der Waals surface area (Å²) in [7, 11) is 0. The fourth-order valence-electron chi connectivity index (χ4n) is 4.01. The Bertz CT molecular complexity index is 418. The molecule has 0 aromatic heterocycles. The minimum atomic E-state index is -1.09. The van der Waals surface area contributed by atoms with Gasteiger partial charge in [-0.1, -0.05) is 96.8 Å². The lowest BCUT2D eigenvalue weighted by Crippen LogP contribution is -2.55. The maximum atomic E-state index is 10.1. The Labute approximate surface area is 189 Å². The maximum Gasteiger partial charge on any atom is 0.160 e. The van der Waals surface area contributed by atoms with Crippen LogP contribution < -0.4 is 0 Å². The number of hydrogen-bond acceptors (Lipinski definition) is 6. The summed E-state index contributed by atoms with van der Waals surface area (Å²) < 4.78 is 10.9. The van der Waals surface area contributed by atoms with Crippen molar-refractivity contribution in [2.45, 2.75) is 134 Å². The summed E-state index contributed by atoms with van der Waals surface area (Å²) in [5.41, 5.74) is 0. The van der Waals surface area contributed by atoms with E-state index in [9.17, 15) is 15.3 Å². The predicted octanol–water partition coefficient (Wildman–Crippen LogP) is 5.07. The average Bonchev–Trinajstić information content (AvgIpc) is 2.74. The zero-order valence-corrected chi connectivity index (χ0v) is 19.9. The zero-order valence-electron chi connectivity index (χ0n) is 19.1. The third-order valence-electron chi connectivity index (χ3n) is 6.01. The second-order valence-corrected chi connectivity index (χ2v) is 9.22. The first-order chi connectivity index (χ1) is 14.6. The Hall–Kier alpha value is -0.270. The number of unbranched alkanes of at least 4 members (excludes halogenated alkanes) is 14. The van der Waals surface area contributed by atoms with E-state index in [0.717, 1.165) is 12.8 Å². The lowest BCUT2D eigenvalue weighted by Gasteiger charge is -2.37. The van der Waals surface area contributed by atoms with Gasteiger partial charge in [0.25, 0.3) is 0 Å². The lowest BCUT2D eigenvalue weighted by molar-refractivity contribution is -0.190. The summed E-state index contributed by atoms with van der Waals surface area (Å²) in [5, 5.41) is 29.6. The highest BCUT2D eigenvalue weighted by Crippen LogP contribution is 2.20. The second-order valence-electron chi connectivity index (χ2n) is 8.77. The SMILES string of the molecule is CCCCCCCCCCCCCCCCCC(=S)O[C@@H]1[C@@H](O)[C@H](O)CO[C@H]1CO. The van der Waals surface area contributed by atoms with Crippen LogP contribution in [-0.2, 0) is 9.47 Å². The van der Waals surface area contributed by atoms with Crippen LogP contribution in [-0.4, -0.2) is 58.0 Å². The van der Waals surface area contributed by atoms with Gasteiger partial charge in [0.15, 0.2) is 11.2 Å². The molecule has 0 radical (unpaired) electrons. The number of rotatable bonds is 18. The summed E-state index contributed by atoms with van der Waals surface area (Å²) in [4.78, 5) is 0. The van der Waals surface area contributed by atoms with Crippen LogP contribution in [0.25, 0.3) is 0 Å². The van der Waals surface area contributed by atoms with Crippen LogP contribution in [0.4, 0.5) is 0 Å². The largest absolute Gasteiger partial charge is 0.478 e. The minimum absolute atomic E-state index is 0.00192. The highest BCUT2D eigenvalue weighted by molar-refractivity contribution is 7.80. The Kier molecular flexibility index (Phi) is 17.0. The van der Waals surface area contributed by atoms with Crippen molar-refractivity contribution >= 4 is 17.3 Å². The molecule has 1 fully saturated rings. The summed E-state index contributed by atoms with van der Waals surface area (Å²) in [5.74, 6) is 0. The van der Waals surface area contributed by atoms with Crippen molar-refractivity contribution in [3.63, 3.8) is 0 Å². The van der Waals surface area contributed by atoms with E-state index >= 15 is 0 Å². The zero-order chi connectivity index (χ0) is 22.0. The third kappa shape index (κ3) is 12.6. The molecule has 1 saturated heterocycles. The van der Waals surface area contributed by atoms with Gasteiger partial charge < -0.3 is 24.8 Å². The molecule has 0 aromatic carbocycles. The summed E-state index contributed by atoms with van der Waals surface area (Å²) in [6.45, 7) is 2.00. The Balaban J connectivity index is 1.92. The number of aliphatic hydroxyl groups excluding tert-OH is 3. The average molecular weight is 447 g/mol. The standard InChI is InChI=1S/C24H46O5S/c1-2-3-4-5-6-7-8-9-10-11-12-13-14-15-16-17-22(30)29-24-21(18-25)28-19-20(26)23(24)27/h20-21,23-27H,2-19H2,1H3/t20-,21+,23+,24+/m1/s1. The molecule has 0 amide bonds. The van der Waals surface area contributed by atoms with Gasteiger partial charge in [0.2, 0.25) is 0 Å². The maximum absolute atomic E-state index is 10.1. The molecule has 0 unspecified atom stereocenters. The Morgan fingerprint density at radius 1 is 0.833 bits per heavy atom. The van der Waals surface area contributed by atoms with Gasteiger partial charge in [0.05, 0.1) is 13.2 Å². The molecular formula is C24H46O5S. The highest BCUT2D eigenvalue weighted by Gasteiger charge is 2.40. The topological polar surface area (TPSA) is 79.2 Å². The van der Waals surface area contributed by atoms with Crippen molar-refractivity contribution in [3.05, 3.63) is 0 Å². The molecule has 0 bridgehead atoms. The molecule has 0 aliphatic carbocycles. The molecule has 0 spiro atoms. The van der Waals surface area contributed by atoms with Crippen LogP contribution >= 0.6 is 12.2 Å². The van der Waals surface area contributed by atoms with E-state index in [1.54, 1.807) is 0 Å². The molecular weight excluding hydrogens is 400 g/mol. The quantitative estimate of drug-likeness (QED) is 0.201.